The SMILES string of the molecule is CCCCCCCCCCCCCCCC(=O)NCCC[N+](C)(C)CC(=O)OCC=C(C)CCC=C(C)C. The van der Waals surface area contributed by atoms with E-state index < -0.39 is 0 Å². The van der Waals surface area contributed by atoms with Crippen molar-refractivity contribution in [2.24, 2.45) is 0 Å². The predicted octanol–water partition coefficient (Wildman–Crippen LogP) is 8.29. The van der Waals surface area contributed by atoms with Gasteiger partial charge in [0.05, 0.1) is 20.6 Å². The molecule has 0 heterocycles. The second kappa shape index (κ2) is 24.4. The van der Waals surface area contributed by atoms with Gasteiger partial charge in [0, 0.05) is 19.4 Å². The molecule has 0 saturated heterocycles. The molecule has 0 unspecified atom stereocenters. The highest BCUT2D eigenvalue weighted by Crippen LogP contribution is 2.13. The first-order chi connectivity index (χ1) is 18.2. The summed E-state index contributed by atoms with van der Waals surface area (Å²) in [6.45, 7) is 10.7. The van der Waals surface area contributed by atoms with Crippen LogP contribution in [0.4, 0.5) is 0 Å². The molecule has 5 nitrogen and oxygen atoms in total. The van der Waals surface area contributed by atoms with Gasteiger partial charge >= 0.3 is 5.97 Å². The molecule has 0 aromatic heterocycles. The zero-order chi connectivity index (χ0) is 28.5. The van der Waals surface area contributed by atoms with E-state index in [-0.39, 0.29) is 11.9 Å². The van der Waals surface area contributed by atoms with Crippen molar-refractivity contribution in [2.75, 3.05) is 40.3 Å². The lowest BCUT2D eigenvalue weighted by Crippen LogP contribution is -2.46. The van der Waals surface area contributed by atoms with Crippen molar-refractivity contribution in [3.8, 4) is 0 Å². The molecule has 0 aliphatic carbocycles. The van der Waals surface area contributed by atoms with Crippen LogP contribution in [-0.2, 0) is 14.3 Å². The van der Waals surface area contributed by atoms with E-state index in [1.807, 2.05) is 20.2 Å². The number of unbranched alkanes of at least 4 members (excludes halogenated alkanes) is 12. The summed E-state index contributed by atoms with van der Waals surface area (Å²) in [5.74, 6) is -0.0145. The van der Waals surface area contributed by atoms with Crippen molar-refractivity contribution < 1.29 is 18.8 Å². The van der Waals surface area contributed by atoms with Crippen LogP contribution in [0.15, 0.2) is 23.3 Å². The summed E-state index contributed by atoms with van der Waals surface area (Å²) >= 11 is 0. The molecule has 0 aliphatic heterocycles. The fourth-order valence-corrected chi connectivity index (χ4v) is 4.57. The molecule has 0 aromatic carbocycles. The van der Waals surface area contributed by atoms with E-state index in [0.29, 0.717) is 30.6 Å². The van der Waals surface area contributed by atoms with Crippen LogP contribution < -0.4 is 5.32 Å². The van der Waals surface area contributed by atoms with Crippen molar-refractivity contribution in [3.63, 3.8) is 0 Å². The van der Waals surface area contributed by atoms with Crippen LogP contribution in [0.3, 0.4) is 0 Å². The standard InChI is InChI=1S/C33H62N2O3/c1-7-8-9-10-11-12-13-14-15-16-17-18-19-24-32(36)34-26-21-27-35(5,6)29-33(37)38-28-25-31(4)23-20-22-30(2)3/h22,25H,7-21,23-24,26-29H2,1-6H3/p+1. The Morgan fingerprint density at radius 3 is 1.84 bits per heavy atom. The number of hydrogen-bond acceptors (Lipinski definition) is 3. The van der Waals surface area contributed by atoms with Gasteiger partial charge in [0.25, 0.3) is 0 Å². The third-order valence-electron chi connectivity index (χ3n) is 7.09. The molecule has 0 saturated carbocycles. The maximum atomic E-state index is 12.2. The molecule has 0 bridgehead atoms. The number of hydrogen-bond donors (Lipinski definition) is 1. The summed E-state index contributed by atoms with van der Waals surface area (Å²) in [5, 5.41) is 3.05. The highest BCUT2D eigenvalue weighted by atomic mass is 16.5. The van der Waals surface area contributed by atoms with Crippen LogP contribution in [0.5, 0.6) is 0 Å². The highest BCUT2D eigenvalue weighted by molar-refractivity contribution is 5.75. The molecular weight excluding hydrogens is 472 g/mol. The maximum Gasteiger partial charge on any atom is 0.362 e. The van der Waals surface area contributed by atoms with Gasteiger partial charge in [-0.1, -0.05) is 101 Å². The summed E-state index contributed by atoms with van der Waals surface area (Å²) in [6, 6.07) is 0. The molecule has 0 aromatic rings. The Balaban J connectivity index is 3.70. The lowest BCUT2D eigenvalue weighted by molar-refractivity contribution is -0.883. The first-order valence-corrected chi connectivity index (χ1v) is 15.7. The number of amides is 1. The molecule has 0 fully saturated rings. The second-order valence-electron chi connectivity index (χ2n) is 12.1. The zero-order valence-electron chi connectivity index (χ0n) is 26.2. The number of nitrogens with zero attached hydrogens (tertiary/aromatic N) is 1. The first-order valence-electron chi connectivity index (χ1n) is 15.7. The van der Waals surface area contributed by atoms with E-state index in [9.17, 15) is 9.59 Å². The quantitative estimate of drug-likeness (QED) is 0.0554. The average Bonchev–Trinajstić information content (AvgIpc) is 2.84. The van der Waals surface area contributed by atoms with E-state index in [1.165, 1.54) is 81.8 Å². The molecule has 0 aliphatic rings. The molecule has 1 amide bonds. The van der Waals surface area contributed by atoms with Crippen LogP contribution in [0.25, 0.3) is 0 Å². The lowest BCUT2D eigenvalue weighted by Gasteiger charge is -2.28. The van der Waals surface area contributed by atoms with E-state index in [0.717, 1.165) is 38.6 Å². The Morgan fingerprint density at radius 1 is 0.737 bits per heavy atom. The zero-order valence-corrected chi connectivity index (χ0v) is 26.2. The number of allylic oxidation sites excluding steroid dienone is 3. The van der Waals surface area contributed by atoms with Crippen molar-refractivity contribution in [2.45, 2.75) is 137 Å². The molecular formula is C33H63N2O3+. The Kier molecular flexibility index (Phi) is 23.4. The van der Waals surface area contributed by atoms with Gasteiger partial charge in [-0.15, -0.1) is 0 Å². The molecule has 222 valence electrons. The number of likely N-dealkylation sites (N-methyl/N-ethyl adjacent to an activating group) is 1. The monoisotopic (exact) mass is 535 g/mol. The molecule has 0 rings (SSSR count). The second-order valence-corrected chi connectivity index (χ2v) is 12.1. The predicted molar refractivity (Wildman–Crippen MR) is 163 cm³/mol. The van der Waals surface area contributed by atoms with Gasteiger partial charge in [-0.3, -0.25) is 4.79 Å². The topological polar surface area (TPSA) is 55.4 Å². The van der Waals surface area contributed by atoms with Gasteiger partial charge in [-0.25, -0.2) is 4.79 Å². The number of quaternary nitrogens is 1. The van der Waals surface area contributed by atoms with Crippen molar-refractivity contribution in [1.29, 1.82) is 0 Å². The van der Waals surface area contributed by atoms with E-state index in [4.69, 9.17) is 4.74 Å². The summed E-state index contributed by atoms with van der Waals surface area (Å²) in [6.07, 6.45) is 24.9. The molecule has 0 spiro atoms. The summed E-state index contributed by atoms with van der Waals surface area (Å²) < 4.78 is 5.98. The third-order valence-corrected chi connectivity index (χ3v) is 7.09. The fourth-order valence-electron chi connectivity index (χ4n) is 4.57. The van der Waals surface area contributed by atoms with Gasteiger partial charge in [-0.05, 0) is 46.1 Å². The largest absolute Gasteiger partial charge is 0.457 e. The number of carbonyl (C=O) groups excluding carboxylic acids is 2. The van der Waals surface area contributed by atoms with E-state index in [2.05, 4.69) is 39.1 Å². The van der Waals surface area contributed by atoms with Crippen LogP contribution in [-0.4, -0.2) is 56.7 Å². The Bertz CT molecular complexity index is 663. The number of rotatable bonds is 25. The molecule has 38 heavy (non-hydrogen) atoms. The highest BCUT2D eigenvalue weighted by Gasteiger charge is 2.20. The Labute approximate surface area is 236 Å². The van der Waals surface area contributed by atoms with Gasteiger partial charge < -0.3 is 14.5 Å². The third kappa shape index (κ3) is 26.0. The minimum Gasteiger partial charge on any atom is -0.457 e. The lowest BCUT2D eigenvalue weighted by atomic mass is 10.0. The van der Waals surface area contributed by atoms with Crippen molar-refractivity contribution in [3.05, 3.63) is 23.3 Å². The summed E-state index contributed by atoms with van der Waals surface area (Å²) in [7, 11) is 4.08. The molecule has 1 N–H and O–H groups in total. The normalized spacial score (nSPS) is 11.9. The summed E-state index contributed by atoms with van der Waals surface area (Å²) in [5.41, 5.74) is 2.58. The van der Waals surface area contributed by atoms with E-state index in [1.54, 1.807) is 0 Å². The van der Waals surface area contributed by atoms with Crippen LogP contribution >= 0.6 is 0 Å². The van der Waals surface area contributed by atoms with Gasteiger partial charge in [0.1, 0.15) is 6.61 Å². The van der Waals surface area contributed by atoms with Crippen LogP contribution in [0.1, 0.15) is 137 Å². The van der Waals surface area contributed by atoms with Gasteiger partial charge in [0.15, 0.2) is 6.54 Å². The summed E-state index contributed by atoms with van der Waals surface area (Å²) in [4.78, 5) is 24.4. The smallest absolute Gasteiger partial charge is 0.362 e. The Morgan fingerprint density at radius 2 is 1.29 bits per heavy atom. The molecule has 0 radical (unpaired) electrons. The van der Waals surface area contributed by atoms with E-state index >= 15 is 0 Å². The molecule has 5 heteroatoms. The van der Waals surface area contributed by atoms with Crippen molar-refractivity contribution >= 4 is 11.9 Å². The average molecular weight is 536 g/mol. The first kappa shape index (κ1) is 36.4. The fraction of sp³-hybridized carbons (Fsp3) is 0.818. The minimum atomic E-state index is -0.171. The molecule has 0 atom stereocenters. The van der Waals surface area contributed by atoms with Crippen LogP contribution in [0.2, 0.25) is 0 Å². The number of ether oxygens (including phenoxy) is 1. The number of esters is 1. The van der Waals surface area contributed by atoms with Gasteiger partial charge in [0.2, 0.25) is 5.91 Å². The Hall–Kier alpha value is -1.62. The van der Waals surface area contributed by atoms with Crippen molar-refractivity contribution in [1.82, 2.24) is 5.32 Å². The maximum absolute atomic E-state index is 12.2. The van der Waals surface area contributed by atoms with Crippen LogP contribution in [0, 0.1) is 0 Å². The van der Waals surface area contributed by atoms with Gasteiger partial charge in [-0.2, -0.15) is 0 Å². The number of nitrogens with one attached hydrogen (secondary N) is 1. The minimum absolute atomic E-state index is 0.157. The number of carbonyl (C=O) groups is 2.